The van der Waals surface area contributed by atoms with Crippen molar-refractivity contribution in [1.29, 1.82) is 0 Å². The molecule has 0 aliphatic heterocycles. The number of unbranched alkanes of at least 4 members (excludes halogenated alkanes) is 1. The number of nitrogens with one attached hydrogen (secondary N) is 2. The number of amides is 2. The summed E-state index contributed by atoms with van der Waals surface area (Å²) >= 11 is 7.64. The average Bonchev–Trinajstić information content (AvgIpc) is 2.84. The van der Waals surface area contributed by atoms with Crippen LogP contribution in [0.2, 0.25) is 5.02 Å². The van der Waals surface area contributed by atoms with Crippen molar-refractivity contribution in [3.63, 3.8) is 0 Å². The van der Waals surface area contributed by atoms with E-state index in [0.717, 1.165) is 28.9 Å². The Morgan fingerprint density at radius 1 is 1.03 bits per heavy atom. The van der Waals surface area contributed by atoms with E-state index in [1.54, 1.807) is 19.2 Å². The first-order chi connectivity index (χ1) is 16.4. The Bertz CT molecular complexity index is 1140. The molecule has 34 heavy (non-hydrogen) atoms. The first-order valence-electron chi connectivity index (χ1n) is 11.2. The Morgan fingerprint density at radius 3 is 2.50 bits per heavy atom. The number of carbonyl (C=O) groups is 2. The molecule has 2 N–H and O–H groups in total. The summed E-state index contributed by atoms with van der Waals surface area (Å²) < 4.78 is 5.42. The van der Waals surface area contributed by atoms with Gasteiger partial charge in [0.2, 0.25) is 11.8 Å². The van der Waals surface area contributed by atoms with Gasteiger partial charge in [0.15, 0.2) is 0 Å². The van der Waals surface area contributed by atoms with Crippen LogP contribution in [0.3, 0.4) is 0 Å². The van der Waals surface area contributed by atoms with Crippen molar-refractivity contribution >= 4 is 46.6 Å². The van der Waals surface area contributed by atoms with Crippen LogP contribution in [-0.2, 0) is 9.59 Å². The van der Waals surface area contributed by atoms with E-state index in [2.05, 4.69) is 17.6 Å². The van der Waals surface area contributed by atoms with E-state index in [4.69, 9.17) is 16.3 Å². The van der Waals surface area contributed by atoms with Crippen molar-refractivity contribution < 1.29 is 14.3 Å². The van der Waals surface area contributed by atoms with Gasteiger partial charge < -0.3 is 15.4 Å². The van der Waals surface area contributed by atoms with Crippen molar-refractivity contribution in [2.75, 3.05) is 17.7 Å². The van der Waals surface area contributed by atoms with Gasteiger partial charge in [0.25, 0.3) is 0 Å². The van der Waals surface area contributed by atoms with E-state index < -0.39 is 5.25 Å². The minimum absolute atomic E-state index is 0.00782. The van der Waals surface area contributed by atoms with Crippen LogP contribution in [0, 0.1) is 6.92 Å². The number of halogens is 1. The van der Waals surface area contributed by atoms with Crippen LogP contribution in [0.25, 0.3) is 0 Å². The number of anilines is 2. The van der Waals surface area contributed by atoms with Gasteiger partial charge in [0.05, 0.1) is 12.8 Å². The van der Waals surface area contributed by atoms with Gasteiger partial charge in [-0.15, -0.1) is 11.8 Å². The molecule has 0 fully saturated rings. The Hall–Kier alpha value is -2.96. The lowest BCUT2D eigenvalue weighted by atomic mass is 10.1. The summed E-state index contributed by atoms with van der Waals surface area (Å²) in [5.74, 6) is 0.303. The Morgan fingerprint density at radius 2 is 1.79 bits per heavy atom. The SMILES string of the molecule is CCCCC(=O)Nc1cccc(SC(C(=O)Nc2cc(C)c(Cl)cc2OC)c2ccccc2)c1. The summed E-state index contributed by atoms with van der Waals surface area (Å²) in [6.07, 6.45) is 2.31. The fourth-order valence-electron chi connectivity index (χ4n) is 3.37. The van der Waals surface area contributed by atoms with Crippen molar-refractivity contribution in [3.05, 3.63) is 82.9 Å². The van der Waals surface area contributed by atoms with Crippen LogP contribution in [0.15, 0.2) is 71.6 Å². The molecule has 0 aromatic heterocycles. The molecule has 0 spiro atoms. The zero-order valence-electron chi connectivity index (χ0n) is 19.6. The summed E-state index contributed by atoms with van der Waals surface area (Å²) in [4.78, 5) is 26.5. The van der Waals surface area contributed by atoms with Crippen molar-refractivity contribution in [1.82, 2.24) is 0 Å². The van der Waals surface area contributed by atoms with Gasteiger partial charge in [-0.1, -0.05) is 61.3 Å². The van der Waals surface area contributed by atoms with Crippen LogP contribution in [0.5, 0.6) is 5.75 Å². The molecule has 2 amide bonds. The summed E-state index contributed by atoms with van der Waals surface area (Å²) in [5, 5.41) is 6.00. The smallest absolute Gasteiger partial charge is 0.242 e. The maximum atomic E-state index is 13.5. The molecule has 0 saturated carbocycles. The fourth-order valence-corrected chi connectivity index (χ4v) is 4.61. The molecule has 0 aliphatic rings. The highest BCUT2D eigenvalue weighted by Gasteiger charge is 2.24. The standard InChI is InChI=1S/C27H29ClN2O3S/c1-4-5-14-25(31)29-20-12-9-13-21(16-20)34-26(19-10-7-6-8-11-19)27(32)30-23-15-18(2)22(28)17-24(23)33-3/h6-13,15-17,26H,4-5,14H2,1-3H3,(H,29,31)(H,30,32). The molecule has 7 heteroatoms. The van der Waals surface area contributed by atoms with Crippen LogP contribution < -0.4 is 15.4 Å². The topological polar surface area (TPSA) is 67.4 Å². The first kappa shape index (κ1) is 25.7. The van der Waals surface area contributed by atoms with Gasteiger partial charge in [-0.25, -0.2) is 0 Å². The quantitative estimate of drug-likeness (QED) is 0.290. The molecule has 178 valence electrons. The minimum Gasteiger partial charge on any atom is -0.495 e. The molecule has 0 radical (unpaired) electrons. The van der Waals surface area contributed by atoms with Crippen molar-refractivity contribution in [2.45, 2.75) is 43.3 Å². The molecule has 5 nitrogen and oxygen atoms in total. The van der Waals surface area contributed by atoms with Gasteiger partial charge in [-0.05, 0) is 48.7 Å². The molecular formula is C27H29ClN2O3S. The number of thioether (sulfide) groups is 1. The lowest BCUT2D eigenvalue weighted by molar-refractivity contribution is -0.116. The van der Waals surface area contributed by atoms with Gasteiger partial charge in [0, 0.05) is 28.1 Å². The first-order valence-corrected chi connectivity index (χ1v) is 12.4. The predicted octanol–water partition coefficient (Wildman–Crippen LogP) is 7.26. The van der Waals surface area contributed by atoms with Crippen LogP contribution in [0.1, 0.15) is 42.6 Å². The lowest BCUT2D eigenvalue weighted by Gasteiger charge is -2.19. The molecule has 3 aromatic rings. The van der Waals surface area contributed by atoms with E-state index in [9.17, 15) is 9.59 Å². The lowest BCUT2D eigenvalue weighted by Crippen LogP contribution is -2.19. The number of hydrogen-bond donors (Lipinski definition) is 2. The number of carbonyl (C=O) groups excluding carboxylic acids is 2. The monoisotopic (exact) mass is 496 g/mol. The maximum Gasteiger partial charge on any atom is 0.242 e. The number of aryl methyl sites for hydroxylation is 1. The fraction of sp³-hybridized carbons (Fsp3) is 0.259. The van der Waals surface area contributed by atoms with E-state index in [-0.39, 0.29) is 11.8 Å². The number of rotatable bonds is 10. The second kappa shape index (κ2) is 12.5. The summed E-state index contributed by atoms with van der Waals surface area (Å²) in [6.45, 7) is 3.93. The Kier molecular flexibility index (Phi) is 9.42. The van der Waals surface area contributed by atoms with E-state index >= 15 is 0 Å². The zero-order chi connectivity index (χ0) is 24.5. The maximum absolute atomic E-state index is 13.5. The minimum atomic E-state index is -0.520. The molecule has 0 bridgehead atoms. The largest absolute Gasteiger partial charge is 0.495 e. The highest BCUT2D eigenvalue weighted by molar-refractivity contribution is 8.00. The Labute approximate surface area is 210 Å². The number of ether oxygens (including phenoxy) is 1. The summed E-state index contributed by atoms with van der Waals surface area (Å²) in [6, 6.07) is 20.7. The Balaban J connectivity index is 1.84. The molecule has 0 heterocycles. The normalized spacial score (nSPS) is 11.5. The van der Waals surface area contributed by atoms with E-state index in [0.29, 0.717) is 28.6 Å². The number of methoxy groups -OCH3 is 1. The van der Waals surface area contributed by atoms with E-state index in [1.165, 1.54) is 11.8 Å². The van der Waals surface area contributed by atoms with Gasteiger partial charge >= 0.3 is 0 Å². The van der Waals surface area contributed by atoms with E-state index in [1.807, 2.05) is 61.5 Å². The predicted molar refractivity (Wildman–Crippen MR) is 141 cm³/mol. The number of hydrogen-bond acceptors (Lipinski definition) is 4. The van der Waals surface area contributed by atoms with Crippen LogP contribution in [-0.4, -0.2) is 18.9 Å². The summed E-state index contributed by atoms with van der Waals surface area (Å²) in [5.41, 5.74) is 2.99. The third kappa shape index (κ3) is 7.02. The molecule has 3 aromatic carbocycles. The molecule has 0 saturated heterocycles. The highest BCUT2D eigenvalue weighted by Crippen LogP contribution is 2.38. The average molecular weight is 497 g/mol. The molecular weight excluding hydrogens is 468 g/mol. The van der Waals surface area contributed by atoms with Crippen molar-refractivity contribution in [2.24, 2.45) is 0 Å². The van der Waals surface area contributed by atoms with Gasteiger partial charge in [0.1, 0.15) is 11.0 Å². The van der Waals surface area contributed by atoms with Crippen LogP contribution in [0.4, 0.5) is 11.4 Å². The molecule has 0 aliphatic carbocycles. The third-order valence-corrected chi connectivity index (χ3v) is 6.86. The van der Waals surface area contributed by atoms with Gasteiger partial charge in [-0.2, -0.15) is 0 Å². The highest BCUT2D eigenvalue weighted by atomic mass is 35.5. The molecule has 1 unspecified atom stereocenters. The van der Waals surface area contributed by atoms with Crippen molar-refractivity contribution in [3.8, 4) is 5.75 Å². The zero-order valence-corrected chi connectivity index (χ0v) is 21.1. The summed E-state index contributed by atoms with van der Waals surface area (Å²) in [7, 11) is 1.54. The number of benzene rings is 3. The van der Waals surface area contributed by atoms with Crippen LogP contribution >= 0.6 is 23.4 Å². The molecule has 3 rings (SSSR count). The third-order valence-electron chi connectivity index (χ3n) is 5.21. The second-order valence-electron chi connectivity index (χ2n) is 7.88. The molecule has 1 atom stereocenters. The second-order valence-corrected chi connectivity index (χ2v) is 9.46. The van der Waals surface area contributed by atoms with Gasteiger partial charge in [-0.3, -0.25) is 9.59 Å².